The smallest absolute Gasteiger partial charge is 0.261 e. The molecule has 1 saturated carbocycles. The molecule has 0 amide bonds. The van der Waals surface area contributed by atoms with Gasteiger partial charge in [-0.25, -0.2) is 8.78 Å². The minimum atomic E-state index is -2.47. The van der Waals surface area contributed by atoms with Crippen LogP contribution in [0.1, 0.15) is 19.8 Å². The molecule has 0 radical (unpaired) electrons. The van der Waals surface area contributed by atoms with Crippen molar-refractivity contribution in [2.24, 2.45) is 0 Å². The molecule has 1 aliphatic rings. The summed E-state index contributed by atoms with van der Waals surface area (Å²) >= 11 is 0. The lowest BCUT2D eigenvalue weighted by Crippen LogP contribution is -2.42. The molecule has 0 aliphatic heterocycles. The van der Waals surface area contributed by atoms with Gasteiger partial charge in [0, 0.05) is 12.6 Å². The van der Waals surface area contributed by atoms with Crippen molar-refractivity contribution in [3.05, 3.63) is 0 Å². The number of alkyl halides is 2. The lowest BCUT2D eigenvalue weighted by atomic mass is 10.1. The number of rotatable bonds is 7. The van der Waals surface area contributed by atoms with E-state index in [1.54, 1.807) is 6.92 Å². The van der Waals surface area contributed by atoms with E-state index in [4.69, 9.17) is 0 Å². The van der Waals surface area contributed by atoms with Crippen molar-refractivity contribution in [2.45, 2.75) is 37.8 Å². The Labute approximate surface area is 82.4 Å². The fourth-order valence-corrected chi connectivity index (χ4v) is 1.07. The molecule has 2 N–H and O–H groups in total. The third-order valence-electron chi connectivity index (χ3n) is 2.01. The molecule has 0 spiro atoms. The highest BCUT2D eigenvalue weighted by atomic mass is 19.3. The summed E-state index contributed by atoms with van der Waals surface area (Å²) in [5.41, 5.74) is -1.06. The molecular weight excluding hydrogens is 192 g/mol. The Hall–Kier alpha value is -0.260. The summed E-state index contributed by atoms with van der Waals surface area (Å²) in [5, 5.41) is 12.8. The third-order valence-corrected chi connectivity index (χ3v) is 2.01. The Morgan fingerprint density at radius 2 is 2.21 bits per heavy atom. The first-order chi connectivity index (χ1) is 6.49. The van der Waals surface area contributed by atoms with Gasteiger partial charge >= 0.3 is 0 Å². The fourth-order valence-electron chi connectivity index (χ4n) is 1.07. The third kappa shape index (κ3) is 5.47. The second kappa shape index (κ2) is 5.00. The maximum absolute atomic E-state index is 11.7. The molecule has 0 heterocycles. The van der Waals surface area contributed by atoms with Crippen LogP contribution in [0, 0.1) is 0 Å². The summed E-state index contributed by atoms with van der Waals surface area (Å²) in [6.45, 7) is 1.30. The SMILES string of the molecule is CC(O)(CNC1CC1)COCC(F)F. The number of halogens is 2. The summed E-state index contributed by atoms with van der Waals surface area (Å²) in [7, 11) is 0. The summed E-state index contributed by atoms with van der Waals surface area (Å²) in [6.07, 6.45) is -0.204. The molecule has 1 atom stereocenters. The Morgan fingerprint density at radius 1 is 1.57 bits per heavy atom. The van der Waals surface area contributed by atoms with Crippen LogP contribution in [0.4, 0.5) is 8.78 Å². The molecule has 0 aromatic carbocycles. The molecule has 0 saturated heterocycles. The van der Waals surface area contributed by atoms with E-state index in [2.05, 4.69) is 10.1 Å². The van der Waals surface area contributed by atoms with E-state index in [9.17, 15) is 13.9 Å². The first-order valence-electron chi connectivity index (χ1n) is 4.81. The molecule has 14 heavy (non-hydrogen) atoms. The zero-order chi connectivity index (χ0) is 10.6. The van der Waals surface area contributed by atoms with Crippen molar-refractivity contribution < 1.29 is 18.6 Å². The van der Waals surface area contributed by atoms with Crippen LogP contribution in [-0.4, -0.2) is 42.9 Å². The Morgan fingerprint density at radius 3 is 2.71 bits per heavy atom. The van der Waals surface area contributed by atoms with Gasteiger partial charge in [-0.15, -0.1) is 0 Å². The Balaban J connectivity index is 2.05. The van der Waals surface area contributed by atoms with Crippen LogP contribution in [-0.2, 0) is 4.74 Å². The van der Waals surface area contributed by atoms with Crippen LogP contribution in [0.2, 0.25) is 0 Å². The van der Waals surface area contributed by atoms with Gasteiger partial charge < -0.3 is 15.2 Å². The molecule has 0 bridgehead atoms. The van der Waals surface area contributed by atoms with E-state index < -0.39 is 18.6 Å². The van der Waals surface area contributed by atoms with Gasteiger partial charge in [-0.1, -0.05) is 0 Å². The van der Waals surface area contributed by atoms with E-state index >= 15 is 0 Å². The molecule has 0 aromatic heterocycles. The maximum atomic E-state index is 11.7. The van der Waals surface area contributed by atoms with Crippen molar-refractivity contribution in [1.29, 1.82) is 0 Å². The van der Waals surface area contributed by atoms with Gasteiger partial charge in [0.05, 0.1) is 12.2 Å². The van der Waals surface area contributed by atoms with Gasteiger partial charge in [0.1, 0.15) is 6.61 Å². The van der Waals surface area contributed by atoms with Crippen LogP contribution in [0.3, 0.4) is 0 Å². The van der Waals surface area contributed by atoms with Crippen LogP contribution in [0.25, 0.3) is 0 Å². The molecule has 84 valence electrons. The number of ether oxygens (including phenoxy) is 1. The molecule has 1 aliphatic carbocycles. The Kier molecular flexibility index (Phi) is 4.22. The predicted octanol–water partition coefficient (Wildman–Crippen LogP) is 0.771. The van der Waals surface area contributed by atoms with Gasteiger partial charge in [0.25, 0.3) is 6.43 Å². The summed E-state index contributed by atoms with van der Waals surface area (Å²) < 4.78 is 28.1. The van der Waals surface area contributed by atoms with Crippen LogP contribution in [0.15, 0.2) is 0 Å². The topological polar surface area (TPSA) is 41.5 Å². The predicted molar refractivity (Wildman–Crippen MR) is 48.5 cm³/mol. The van der Waals surface area contributed by atoms with Gasteiger partial charge in [0.2, 0.25) is 0 Å². The second-order valence-corrected chi connectivity index (χ2v) is 4.06. The van der Waals surface area contributed by atoms with Gasteiger partial charge in [-0.05, 0) is 19.8 Å². The lowest BCUT2D eigenvalue weighted by Gasteiger charge is -2.23. The number of aliphatic hydroxyl groups is 1. The number of hydrogen-bond donors (Lipinski definition) is 2. The first-order valence-corrected chi connectivity index (χ1v) is 4.81. The molecule has 5 heteroatoms. The van der Waals surface area contributed by atoms with Crippen LogP contribution in [0.5, 0.6) is 0 Å². The quantitative estimate of drug-likeness (QED) is 0.650. The van der Waals surface area contributed by atoms with E-state index in [0.29, 0.717) is 12.6 Å². The molecule has 1 rings (SSSR count). The Bertz CT molecular complexity index is 172. The van der Waals surface area contributed by atoms with Crippen molar-refractivity contribution >= 4 is 0 Å². The molecule has 0 aromatic rings. The zero-order valence-electron chi connectivity index (χ0n) is 8.30. The number of nitrogens with one attached hydrogen (secondary N) is 1. The summed E-state index contributed by atoms with van der Waals surface area (Å²) in [6, 6.07) is 0.497. The van der Waals surface area contributed by atoms with E-state index in [-0.39, 0.29) is 6.61 Å². The number of hydrogen-bond acceptors (Lipinski definition) is 3. The standard InChI is InChI=1S/C9H17F2NO2/c1-9(13,5-12-7-2-3-7)6-14-4-8(10)11/h7-8,12-13H,2-6H2,1H3. The summed E-state index contributed by atoms with van der Waals surface area (Å²) in [5.74, 6) is 0. The van der Waals surface area contributed by atoms with Crippen molar-refractivity contribution in [3.8, 4) is 0 Å². The van der Waals surface area contributed by atoms with Gasteiger partial charge in [-0.2, -0.15) is 0 Å². The van der Waals surface area contributed by atoms with Crippen molar-refractivity contribution in [3.63, 3.8) is 0 Å². The zero-order valence-corrected chi connectivity index (χ0v) is 8.30. The van der Waals surface area contributed by atoms with Crippen LogP contribution < -0.4 is 5.32 Å². The van der Waals surface area contributed by atoms with Crippen LogP contribution >= 0.6 is 0 Å². The molecule has 3 nitrogen and oxygen atoms in total. The molecule has 1 fully saturated rings. The molecular formula is C9H17F2NO2. The highest BCUT2D eigenvalue weighted by Gasteiger charge is 2.26. The van der Waals surface area contributed by atoms with E-state index in [1.807, 2.05) is 0 Å². The lowest BCUT2D eigenvalue weighted by molar-refractivity contribution is -0.0614. The molecule has 1 unspecified atom stereocenters. The average Bonchev–Trinajstić information content (AvgIpc) is 2.82. The van der Waals surface area contributed by atoms with Crippen molar-refractivity contribution in [1.82, 2.24) is 5.32 Å². The van der Waals surface area contributed by atoms with E-state index in [0.717, 1.165) is 12.8 Å². The largest absolute Gasteiger partial charge is 0.386 e. The average molecular weight is 209 g/mol. The van der Waals surface area contributed by atoms with Crippen molar-refractivity contribution in [2.75, 3.05) is 19.8 Å². The fraction of sp³-hybridized carbons (Fsp3) is 1.00. The minimum Gasteiger partial charge on any atom is -0.386 e. The maximum Gasteiger partial charge on any atom is 0.261 e. The van der Waals surface area contributed by atoms with E-state index in [1.165, 1.54) is 0 Å². The van der Waals surface area contributed by atoms with Gasteiger partial charge in [0.15, 0.2) is 0 Å². The first kappa shape index (κ1) is 11.8. The summed E-state index contributed by atoms with van der Waals surface area (Å²) in [4.78, 5) is 0. The highest BCUT2D eigenvalue weighted by molar-refractivity contribution is 4.85. The second-order valence-electron chi connectivity index (χ2n) is 4.06. The monoisotopic (exact) mass is 209 g/mol. The highest BCUT2D eigenvalue weighted by Crippen LogP contribution is 2.19. The minimum absolute atomic E-state index is 0.0585. The normalized spacial score (nSPS) is 21.2. The van der Waals surface area contributed by atoms with Gasteiger partial charge in [-0.3, -0.25) is 0 Å².